The van der Waals surface area contributed by atoms with E-state index in [9.17, 15) is 0 Å². The lowest BCUT2D eigenvalue weighted by Crippen LogP contribution is -1.98. The van der Waals surface area contributed by atoms with Crippen molar-refractivity contribution in [1.82, 2.24) is 19.3 Å². The molecule has 2 aromatic heterocycles. The zero-order chi connectivity index (χ0) is 13.6. The number of nitrogens with zero attached hydrogens (tertiary/aromatic N) is 3. The molecule has 0 amide bonds. The van der Waals surface area contributed by atoms with Crippen LogP contribution in [0.15, 0.2) is 24.4 Å². The van der Waals surface area contributed by atoms with E-state index in [-0.39, 0.29) is 0 Å². The Kier molecular flexibility index (Phi) is 2.78. The second-order valence-corrected chi connectivity index (χ2v) is 5.11. The van der Waals surface area contributed by atoms with Gasteiger partial charge < -0.3 is 4.98 Å². The largest absolute Gasteiger partial charge is 0.330 e. The number of fused-ring (bicyclic) bond motifs is 1. The van der Waals surface area contributed by atoms with Crippen LogP contribution in [0.4, 0.5) is 0 Å². The van der Waals surface area contributed by atoms with Crippen LogP contribution in [0.25, 0.3) is 16.7 Å². The molecule has 1 aromatic carbocycles. The van der Waals surface area contributed by atoms with Crippen molar-refractivity contribution in [2.24, 2.45) is 7.05 Å². The van der Waals surface area contributed by atoms with E-state index in [1.807, 2.05) is 24.0 Å². The van der Waals surface area contributed by atoms with Gasteiger partial charge in [-0.1, -0.05) is 19.1 Å². The first-order valence-electron chi connectivity index (χ1n) is 6.35. The minimum atomic E-state index is 0.715. The quantitative estimate of drug-likeness (QED) is 0.727. The van der Waals surface area contributed by atoms with Crippen molar-refractivity contribution in [2.75, 3.05) is 0 Å². The van der Waals surface area contributed by atoms with Gasteiger partial charge >= 0.3 is 0 Å². The number of hydrogen-bond donors (Lipinski definition) is 1. The fourth-order valence-electron chi connectivity index (χ4n) is 2.52. The zero-order valence-electron chi connectivity index (χ0n) is 11.3. The molecule has 0 aliphatic carbocycles. The van der Waals surface area contributed by atoms with Crippen LogP contribution < -0.4 is 0 Å². The van der Waals surface area contributed by atoms with Crippen molar-refractivity contribution < 1.29 is 0 Å². The maximum absolute atomic E-state index is 5.48. The number of benzene rings is 1. The van der Waals surface area contributed by atoms with E-state index in [2.05, 4.69) is 40.6 Å². The summed E-state index contributed by atoms with van der Waals surface area (Å²) < 4.78 is 4.64. The van der Waals surface area contributed by atoms with Crippen LogP contribution in [-0.4, -0.2) is 19.3 Å². The zero-order valence-corrected chi connectivity index (χ0v) is 12.1. The highest BCUT2D eigenvalue weighted by atomic mass is 32.1. The molecule has 1 N–H and O–H groups in total. The van der Waals surface area contributed by atoms with Gasteiger partial charge in [-0.2, -0.15) is 5.10 Å². The van der Waals surface area contributed by atoms with Gasteiger partial charge in [-0.3, -0.25) is 9.25 Å². The second-order valence-electron chi connectivity index (χ2n) is 4.72. The second kappa shape index (κ2) is 4.35. The molecule has 4 nitrogen and oxygen atoms in total. The average Bonchev–Trinajstić information content (AvgIpc) is 2.89. The standard InChI is InChI=1S/C14H16N4S/c1-4-10-12(8-17(3)16-10)18-13-9(2)6-5-7-11(13)15-14(18)19/h5-8H,4H2,1-3H3,(H,15,19). The first-order valence-corrected chi connectivity index (χ1v) is 6.76. The predicted molar refractivity (Wildman–Crippen MR) is 79.3 cm³/mol. The molecule has 3 aromatic rings. The molecule has 0 fully saturated rings. The van der Waals surface area contributed by atoms with Crippen LogP contribution in [0, 0.1) is 11.7 Å². The number of H-pyrrole nitrogens is 1. The summed E-state index contributed by atoms with van der Waals surface area (Å²) in [7, 11) is 1.94. The van der Waals surface area contributed by atoms with E-state index in [0.29, 0.717) is 4.77 Å². The van der Waals surface area contributed by atoms with Crippen LogP contribution >= 0.6 is 12.2 Å². The van der Waals surface area contributed by atoms with Crippen molar-refractivity contribution >= 4 is 23.3 Å². The third-order valence-corrected chi connectivity index (χ3v) is 3.65. The minimum absolute atomic E-state index is 0.715. The highest BCUT2D eigenvalue weighted by molar-refractivity contribution is 7.71. The maximum atomic E-state index is 5.48. The number of aromatic nitrogens is 4. The number of aromatic amines is 1. The first-order chi connectivity index (χ1) is 9.11. The van der Waals surface area contributed by atoms with Gasteiger partial charge in [0.2, 0.25) is 0 Å². The molecule has 0 unspecified atom stereocenters. The molecular formula is C14H16N4S. The fraction of sp³-hybridized carbons (Fsp3) is 0.286. The van der Waals surface area contributed by atoms with E-state index >= 15 is 0 Å². The molecule has 0 radical (unpaired) electrons. The summed E-state index contributed by atoms with van der Waals surface area (Å²) in [6, 6.07) is 6.19. The monoisotopic (exact) mass is 272 g/mol. The van der Waals surface area contributed by atoms with Crippen LogP contribution in [0.3, 0.4) is 0 Å². The molecule has 0 saturated heterocycles. The Morgan fingerprint density at radius 2 is 2.16 bits per heavy atom. The van der Waals surface area contributed by atoms with E-state index in [0.717, 1.165) is 28.8 Å². The highest BCUT2D eigenvalue weighted by Crippen LogP contribution is 2.24. The lowest BCUT2D eigenvalue weighted by atomic mass is 10.2. The summed E-state index contributed by atoms with van der Waals surface area (Å²) >= 11 is 5.48. The normalized spacial score (nSPS) is 11.3. The Morgan fingerprint density at radius 3 is 2.89 bits per heavy atom. The summed E-state index contributed by atoms with van der Waals surface area (Å²) in [5.41, 5.74) is 5.53. The number of hydrogen-bond acceptors (Lipinski definition) is 2. The molecule has 3 rings (SSSR count). The topological polar surface area (TPSA) is 38.5 Å². The molecule has 0 bridgehead atoms. The van der Waals surface area contributed by atoms with Crippen molar-refractivity contribution in [3.05, 3.63) is 40.4 Å². The maximum Gasteiger partial charge on any atom is 0.182 e. The van der Waals surface area contributed by atoms with Gasteiger partial charge in [0.05, 0.1) is 22.4 Å². The lowest BCUT2D eigenvalue weighted by Gasteiger charge is -2.05. The van der Waals surface area contributed by atoms with Crippen molar-refractivity contribution in [2.45, 2.75) is 20.3 Å². The van der Waals surface area contributed by atoms with Crippen LogP contribution in [0.2, 0.25) is 0 Å². The molecule has 5 heteroatoms. The molecule has 0 atom stereocenters. The number of aryl methyl sites for hydroxylation is 3. The molecule has 19 heavy (non-hydrogen) atoms. The van der Waals surface area contributed by atoms with Gasteiger partial charge in [-0.05, 0) is 37.2 Å². The van der Waals surface area contributed by atoms with Crippen molar-refractivity contribution in [3.8, 4) is 5.69 Å². The average molecular weight is 272 g/mol. The van der Waals surface area contributed by atoms with E-state index in [1.54, 1.807) is 0 Å². The Balaban J connectivity index is 2.42. The molecule has 0 spiro atoms. The summed E-state index contributed by atoms with van der Waals surface area (Å²) in [5, 5.41) is 4.50. The smallest absolute Gasteiger partial charge is 0.182 e. The Hall–Kier alpha value is -1.88. The predicted octanol–water partition coefficient (Wildman–Crippen LogP) is 3.29. The Bertz CT molecular complexity index is 807. The number of imidazole rings is 1. The molecule has 0 saturated carbocycles. The van der Waals surface area contributed by atoms with Gasteiger partial charge in [-0.25, -0.2) is 0 Å². The number of nitrogens with one attached hydrogen (secondary N) is 1. The summed E-state index contributed by atoms with van der Waals surface area (Å²) in [5.74, 6) is 0. The number of para-hydroxylation sites is 1. The van der Waals surface area contributed by atoms with Gasteiger partial charge in [0.1, 0.15) is 0 Å². The van der Waals surface area contributed by atoms with Gasteiger partial charge in [0.15, 0.2) is 4.77 Å². The van der Waals surface area contributed by atoms with Gasteiger partial charge in [-0.15, -0.1) is 0 Å². The fourth-order valence-corrected chi connectivity index (χ4v) is 2.82. The van der Waals surface area contributed by atoms with Gasteiger partial charge in [0, 0.05) is 13.2 Å². The highest BCUT2D eigenvalue weighted by Gasteiger charge is 2.14. The molecule has 2 heterocycles. The van der Waals surface area contributed by atoms with Crippen LogP contribution in [-0.2, 0) is 13.5 Å². The van der Waals surface area contributed by atoms with Crippen LogP contribution in [0.1, 0.15) is 18.2 Å². The SMILES string of the molecule is CCc1nn(C)cc1-n1c(=S)[nH]c2cccc(C)c21. The van der Waals surface area contributed by atoms with Crippen molar-refractivity contribution in [3.63, 3.8) is 0 Å². The minimum Gasteiger partial charge on any atom is -0.330 e. The summed E-state index contributed by atoms with van der Waals surface area (Å²) in [6.07, 6.45) is 2.91. The first kappa shape index (κ1) is 12.2. The van der Waals surface area contributed by atoms with Crippen LogP contribution in [0.5, 0.6) is 0 Å². The van der Waals surface area contributed by atoms with Crippen molar-refractivity contribution in [1.29, 1.82) is 0 Å². The summed E-state index contributed by atoms with van der Waals surface area (Å²) in [4.78, 5) is 3.27. The Labute approximate surface area is 116 Å². The lowest BCUT2D eigenvalue weighted by molar-refractivity contribution is 0.746. The van der Waals surface area contributed by atoms with E-state index in [1.165, 1.54) is 5.56 Å². The van der Waals surface area contributed by atoms with E-state index in [4.69, 9.17) is 12.2 Å². The third kappa shape index (κ3) is 1.81. The molecule has 98 valence electrons. The molecule has 0 aliphatic heterocycles. The Morgan fingerprint density at radius 1 is 1.37 bits per heavy atom. The number of rotatable bonds is 2. The third-order valence-electron chi connectivity index (χ3n) is 3.37. The van der Waals surface area contributed by atoms with E-state index < -0.39 is 0 Å². The summed E-state index contributed by atoms with van der Waals surface area (Å²) in [6.45, 7) is 4.21. The molecular weight excluding hydrogens is 256 g/mol. The van der Waals surface area contributed by atoms with Gasteiger partial charge in [0.25, 0.3) is 0 Å². The molecule has 0 aliphatic rings.